The van der Waals surface area contributed by atoms with Crippen LogP contribution in [0.5, 0.6) is 0 Å². The lowest BCUT2D eigenvalue weighted by atomic mass is 10.3. The molecule has 1 aliphatic heterocycles. The van der Waals surface area contributed by atoms with E-state index >= 15 is 0 Å². The predicted molar refractivity (Wildman–Crippen MR) is 74.2 cm³/mol. The number of H-pyrrole nitrogens is 1. The van der Waals surface area contributed by atoms with Crippen molar-refractivity contribution in [1.82, 2.24) is 19.7 Å². The van der Waals surface area contributed by atoms with Gasteiger partial charge < -0.3 is 4.90 Å². The minimum absolute atomic E-state index is 0.126. The Hall–Kier alpha value is -1.50. The van der Waals surface area contributed by atoms with Crippen molar-refractivity contribution in [2.45, 2.75) is 43.3 Å². The van der Waals surface area contributed by atoms with Gasteiger partial charge in [0.2, 0.25) is 5.91 Å². The maximum Gasteiger partial charge on any atom is 0.344 e. The molecule has 0 bridgehead atoms. The fourth-order valence-electron chi connectivity index (χ4n) is 2.11. The molecule has 0 aromatic carbocycles. The van der Waals surface area contributed by atoms with E-state index in [9.17, 15) is 9.59 Å². The standard InChI is InChI=1S/C12H18N4O2S/c1-4-6-16-11(18)13-14-12(16)19-9-5-7-15(8(2)3)10(9)17/h4,8-9H,1,5-7H2,2-3H3,(H,13,18). The van der Waals surface area contributed by atoms with Crippen molar-refractivity contribution in [2.24, 2.45) is 0 Å². The molecule has 0 spiro atoms. The Bertz CT molecular complexity index is 534. The number of hydrogen-bond acceptors (Lipinski definition) is 4. The van der Waals surface area contributed by atoms with Gasteiger partial charge in [-0.05, 0) is 20.3 Å². The normalized spacial score (nSPS) is 19.4. The van der Waals surface area contributed by atoms with Crippen LogP contribution in [0.2, 0.25) is 0 Å². The molecule has 1 unspecified atom stereocenters. The highest BCUT2D eigenvalue weighted by molar-refractivity contribution is 8.00. The van der Waals surface area contributed by atoms with Crippen molar-refractivity contribution in [2.75, 3.05) is 6.54 Å². The van der Waals surface area contributed by atoms with Crippen LogP contribution < -0.4 is 5.69 Å². The van der Waals surface area contributed by atoms with Gasteiger partial charge in [-0.1, -0.05) is 17.8 Å². The van der Waals surface area contributed by atoms with Gasteiger partial charge in [-0.25, -0.2) is 9.89 Å². The van der Waals surface area contributed by atoms with Gasteiger partial charge in [-0.3, -0.25) is 9.36 Å². The number of allylic oxidation sites excluding steroid dienone is 1. The average Bonchev–Trinajstić information content (AvgIpc) is 2.88. The second kappa shape index (κ2) is 5.64. The summed E-state index contributed by atoms with van der Waals surface area (Å²) >= 11 is 1.35. The molecule has 0 saturated carbocycles. The highest BCUT2D eigenvalue weighted by Crippen LogP contribution is 2.29. The van der Waals surface area contributed by atoms with E-state index in [4.69, 9.17) is 0 Å². The molecule has 0 aliphatic carbocycles. The summed E-state index contributed by atoms with van der Waals surface area (Å²) in [6.07, 6.45) is 2.43. The molecule has 7 heteroatoms. The maximum atomic E-state index is 12.2. The summed E-state index contributed by atoms with van der Waals surface area (Å²) in [6, 6.07) is 0.215. The zero-order chi connectivity index (χ0) is 14.0. The summed E-state index contributed by atoms with van der Waals surface area (Å²) in [6.45, 7) is 8.79. The molecule has 1 atom stereocenters. The number of thioether (sulfide) groups is 1. The Morgan fingerprint density at radius 2 is 2.32 bits per heavy atom. The average molecular weight is 282 g/mol. The van der Waals surface area contributed by atoms with Gasteiger partial charge in [-0.15, -0.1) is 11.7 Å². The number of aromatic nitrogens is 3. The summed E-state index contributed by atoms with van der Waals surface area (Å²) in [5, 5.41) is 6.78. The van der Waals surface area contributed by atoms with Crippen LogP contribution in [0.3, 0.4) is 0 Å². The molecule has 1 aliphatic rings. The van der Waals surface area contributed by atoms with Crippen LogP contribution >= 0.6 is 11.8 Å². The molecule has 1 saturated heterocycles. The van der Waals surface area contributed by atoms with E-state index in [-0.39, 0.29) is 22.9 Å². The second-order valence-electron chi connectivity index (χ2n) is 4.73. The SMILES string of the molecule is C=CCn1c(SC2CCN(C(C)C)C2=O)n[nH]c1=O. The van der Waals surface area contributed by atoms with E-state index < -0.39 is 0 Å². The second-order valence-corrected chi connectivity index (χ2v) is 5.90. The molecule has 1 aromatic rings. The van der Waals surface area contributed by atoms with Crippen LogP contribution in [0, 0.1) is 0 Å². The first-order chi connectivity index (χ1) is 9.04. The van der Waals surface area contributed by atoms with Gasteiger partial charge >= 0.3 is 5.69 Å². The number of nitrogens with zero attached hydrogens (tertiary/aromatic N) is 3. The van der Waals surface area contributed by atoms with E-state index in [2.05, 4.69) is 16.8 Å². The molecule has 1 fully saturated rings. The third kappa shape index (κ3) is 2.75. The summed E-state index contributed by atoms with van der Waals surface area (Å²) in [5.74, 6) is 0.126. The number of rotatable bonds is 5. The van der Waals surface area contributed by atoms with Crippen LogP contribution in [0.25, 0.3) is 0 Å². The molecule has 104 valence electrons. The zero-order valence-corrected chi connectivity index (χ0v) is 11.9. The van der Waals surface area contributed by atoms with Gasteiger partial charge in [0.25, 0.3) is 0 Å². The smallest absolute Gasteiger partial charge is 0.339 e. The number of amides is 1. The van der Waals surface area contributed by atoms with E-state index in [1.165, 1.54) is 16.3 Å². The van der Waals surface area contributed by atoms with Crippen molar-refractivity contribution in [3.05, 3.63) is 23.1 Å². The first kappa shape index (κ1) is 13.9. The number of hydrogen-bond donors (Lipinski definition) is 1. The zero-order valence-electron chi connectivity index (χ0n) is 11.1. The minimum Gasteiger partial charge on any atom is -0.339 e. The van der Waals surface area contributed by atoms with Gasteiger partial charge in [0.1, 0.15) is 0 Å². The van der Waals surface area contributed by atoms with Crippen molar-refractivity contribution < 1.29 is 4.79 Å². The molecule has 1 N–H and O–H groups in total. The molecule has 19 heavy (non-hydrogen) atoms. The van der Waals surface area contributed by atoms with E-state index in [0.717, 1.165) is 13.0 Å². The highest BCUT2D eigenvalue weighted by Gasteiger charge is 2.34. The molecule has 1 aromatic heterocycles. The van der Waals surface area contributed by atoms with Crippen molar-refractivity contribution >= 4 is 17.7 Å². The van der Waals surface area contributed by atoms with Crippen molar-refractivity contribution in [3.8, 4) is 0 Å². The molecular formula is C12H18N4O2S. The van der Waals surface area contributed by atoms with Gasteiger partial charge in [0.15, 0.2) is 5.16 Å². The first-order valence-corrected chi connectivity index (χ1v) is 7.15. The molecule has 2 heterocycles. The molecule has 1 amide bonds. The number of likely N-dealkylation sites (tertiary alicyclic amines) is 1. The lowest BCUT2D eigenvalue weighted by Gasteiger charge is -2.20. The third-order valence-electron chi connectivity index (χ3n) is 3.10. The Balaban J connectivity index is 2.12. The van der Waals surface area contributed by atoms with Crippen LogP contribution in [0.1, 0.15) is 20.3 Å². The van der Waals surface area contributed by atoms with E-state index in [1.54, 1.807) is 6.08 Å². The number of aromatic amines is 1. The lowest BCUT2D eigenvalue weighted by molar-refractivity contribution is -0.128. The highest BCUT2D eigenvalue weighted by atomic mass is 32.2. The van der Waals surface area contributed by atoms with Gasteiger partial charge in [0, 0.05) is 19.1 Å². The lowest BCUT2D eigenvalue weighted by Crippen LogP contribution is -2.34. The number of carbonyl (C=O) groups is 1. The Kier molecular flexibility index (Phi) is 4.14. The predicted octanol–water partition coefficient (Wildman–Crippen LogP) is 0.859. The topological polar surface area (TPSA) is 71.0 Å². The van der Waals surface area contributed by atoms with Crippen molar-refractivity contribution in [3.63, 3.8) is 0 Å². The molecule has 0 radical (unpaired) electrons. The molecular weight excluding hydrogens is 264 g/mol. The summed E-state index contributed by atoms with van der Waals surface area (Å²) in [7, 11) is 0. The van der Waals surface area contributed by atoms with Crippen LogP contribution in [0.4, 0.5) is 0 Å². The number of nitrogens with one attached hydrogen (secondary N) is 1. The van der Waals surface area contributed by atoms with Gasteiger partial charge in [0.05, 0.1) is 5.25 Å². The van der Waals surface area contributed by atoms with Crippen LogP contribution in [0.15, 0.2) is 22.6 Å². The summed E-state index contributed by atoms with van der Waals surface area (Å²) < 4.78 is 1.49. The monoisotopic (exact) mass is 282 g/mol. The Morgan fingerprint density at radius 1 is 1.58 bits per heavy atom. The largest absolute Gasteiger partial charge is 0.344 e. The molecule has 2 rings (SSSR count). The van der Waals surface area contributed by atoms with Crippen molar-refractivity contribution in [1.29, 1.82) is 0 Å². The van der Waals surface area contributed by atoms with Crippen LogP contribution in [-0.2, 0) is 11.3 Å². The fourth-order valence-corrected chi connectivity index (χ4v) is 3.20. The quantitative estimate of drug-likeness (QED) is 0.813. The van der Waals surface area contributed by atoms with E-state index in [0.29, 0.717) is 11.7 Å². The fraction of sp³-hybridized carbons (Fsp3) is 0.583. The Morgan fingerprint density at radius 3 is 2.89 bits per heavy atom. The third-order valence-corrected chi connectivity index (χ3v) is 4.34. The van der Waals surface area contributed by atoms with Gasteiger partial charge in [-0.2, -0.15) is 0 Å². The first-order valence-electron chi connectivity index (χ1n) is 6.27. The summed E-state index contributed by atoms with van der Waals surface area (Å²) in [5.41, 5.74) is -0.270. The molecule has 6 nitrogen and oxygen atoms in total. The van der Waals surface area contributed by atoms with Crippen LogP contribution in [-0.4, -0.2) is 43.4 Å². The minimum atomic E-state index is -0.270. The maximum absolute atomic E-state index is 12.2. The number of carbonyl (C=O) groups excluding carboxylic acids is 1. The Labute approximate surface area is 115 Å². The van der Waals surface area contributed by atoms with E-state index in [1.807, 2.05) is 18.7 Å². The summed E-state index contributed by atoms with van der Waals surface area (Å²) in [4.78, 5) is 25.6.